The van der Waals surface area contributed by atoms with E-state index in [4.69, 9.17) is 24.1 Å². The fourth-order valence-corrected chi connectivity index (χ4v) is 5.39. The fourth-order valence-electron chi connectivity index (χ4n) is 5.39. The third-order valence-electron chi connectivity index (χ3n) is 7.80. The number of rotatable bonds is 7. The summed E-state index contributed by atoms with van der Waals surface area (Å²) in [7, 11) is 0. The van der Waals surface area contributed by atoms with Crippen molar-refractivity contribution in [3.05, 3.63) is 71.8 Å². The van der Waals surface area contributed by atoms with Crippen LogP contribution in [0.4, 0.5) is 0 Å². The molecular formula is C33H41N5O7. The van der Waals surface area contributed by atoms with Crippen LogP contribution in [0.2, 0.25) is 0 Å². The van der Waals surface area contributed by atoms with Crippen molar-refractivity contribution in [1.29, 1.82) is 0 Å². The second-order valence-electron chi connectivity index (χ2n) is 12.1. The van der Waals surface area contributed by atoms with Gasteiger partial charge in [-0.1, -0.05) is 26.0 Å². The molecule has 0 spiro atoms. The van der Waals surface area contributed by atoms with E-state index in [1.807, 2.05) is 36.8 Å². The molecule has 4 aliphatic rings. The number of amides is 2. The summed E-state index contributed by atoms with van der Waals surface area (Å²) < 4.78 is 20.5. The minimum atomic E-state index is -0.262. The van der Waals surface area contributed by atoms with Gasteiger partial charge in [0.05, 0.1) is 24.7 Å². The number of fused-ring (bicyclic) bond motifs is 7. The number of aromatic nitrogens is 2. The third kappa shape index (κ3) is 9.21. The highest BCUT2D eigenvalue weighted by atomic mass is 16.5. The summed E-state index contributed by atoms with van der Waals surface area (Å²) in [6, 6.07) is 12.6. The maximum Gasteiger partial charge on any atom is 0.290 e. The summed E-state index contributed by atoms with van der Waals surface area (Å²) in [5.41, 5.74) is 2.51. The molecule has 3 aromatic rings. The quantitative estimate of drug-likeness (QED) is 0.340. The van der Waals surface area contributed by atoms with Gasteiger partial charge in [-0.2, -0.15) is 0 Å². The lowest BCUT2D eigenvalue weighted by Gasteiger charge is -2.22. The van der Waals surface area contributed by atoms with E-state index in [9.17, 15) is 9.59 Å². The van der Waals surface area contributed by atoms with Crippen molar-refractivity contribution in [3.8, 4) is 17.2 Å². The average molecular weight is 620 g/mol. The Bertz CT molecular complexity index is 1450. The minimum Gasteiger partial charge on any atom is -0.493 e. The van der Waals surface area contributed by atoms with Gasteiger partial charge in [0, 0.05) is 50.6 Å². The molecular weight excluding hydrogens is 578 g/mol. The molecule has 2 atom stereocenters. The summed E-state index contributed by atoms with van der Waals surface area (Å²) in [6.07, 6.45) is 5.85. The van der Waals surface area contributed by atoms with Crippen molar-refractivity contribution in [2.45, 2.75) is 58.5 Å². The number of carbonyl (C=O) groups is 3. The van der Waals surface area contributed by atoms with Crippen molar-refractivity contribution in [3.63, 3.8) is 0 Å². The first-order valence-corrected chi connectivity index (χ1v) is 15.3. The normalized spacial score (nSPS) is 20.1. The van der Waals surface area contributed by atoms with Crippen molar-refractivity contribution in [2.75, 3.05) is 26.3 Å². The van der Waals surface area contributed by atoms with Crippen LogP contribution in [0, 0.1) is 11.8 Å². The summed E-state index contributed by atoms with van der Waals surface area (Å²) in [5.74, 6) is 2.25. The van der Waals surface area contributed by atoms with Gasteiger partial charge in [-0.3, -0.25) is 19.3 Å². The number of likely N-dealkylation sites (tertiary alicyclic amines) is 1. The largest absolute Gasteiger partial charge is 0.493 e. The first-order valence-electron chi connectivity index (χ1n) is 15.3. The Labute approximate surface area is 262 Å². The molecule has 3 aliphatic heterocycles. The second kappa shape index (κ2) is 14.9. The topological polar surface area (TPSA) is 144 Å². The van der Waals surface area contributed by atoms with E-state index in [1.165, 1.54) is 0 Å². The number of hydrogen-bond donors (Lipinski definition) is 3. The Kier molecular flexibility index (Phi) is 10.6. The fraction of sp³-hybridized carbons (Fsp3) is 0.455. The van der Waals surface area contributed by atoms with Gasteiger partial charge in [-0.05, 0) is 54.5 Å². The van der Waals surface area contributed by atoms with E-state index in [1.54, 1.807) is 18.2 Å². The first kappa shape index (κ1) is 31.8. The Morgan fingerprint density at radius 1 is 1.11 bits per heavy atom. The number of benzene rings is 2. The van der Waals surface area contributed by atoms with Crippen LogP contribution in [-0.4, -0.2) is 76.3 Å². The molecule has 1 saturated heterocycles. The molecule has 3 N–H and O–H groups in total. The van der Waals surface area contributed by atoms with E-state index in [-0.39, 0.29) is 37.0 Å². The standard InChI is InChI=1S/C32H39N5O5.CH2O2/c1-21(2)14-37-20-33-13-25(37)15-36-16-29-30(17-36)42-26-7-5-22(6-8-26)12-34-31(38)19-41-28-10-24(32(39)35-29)9-27(11-28)40-18-23-3-4-23;2-1-3/h5-11,13,20-21,23,29-30H,3-4,12,14-19H2,1-2H3,(H,34,38)(H,35,39);1H,(H,2,3)/t29-,30-;/m0./s1. The summed E-state index contributed by atoms with van der Waals surface area (Å²) in [5, 5.41) is 13.0. The lowest BCUT2D eigenvalue weighted by molar-refractivity contribution is -0.123. The molecule has 12 heteroatoms. The smallest absolute Gasteiger partial charge is 0.290 e. The lowest BCUT2D eigenvalue weighted by atomic mass is 10.1. The van der Waals surface area contributed by atoms with E-state index < -0.39 is 0 Å². The highest BCUT2D eigenvalue weighted by Gasteiger charge is 2.36. The Morgan fingerprint density at radius 3 is 2.62 bits per heavy atom. The summed E-state index contributed by atoms with van der Waals surface area (Å²) in [4.78, 5) is 41.2. The summed E-state index contributed by atoms with van der Waals surface area (Å²) >= 11 is 0. The zero-order chi connectivity index (χ0) is 31.8. The minimum absolute atomic E-state index is 0.165. The van der Waals surface area contributed by atoms with Crippen LogP contribution in [0.25, 0.3) is 0 Å². The number of nitrogens with zero attached hydrogens (tertiary/aromatic N) is 3. The molecule has 240 valence electrons. The number of hydrogen-bond acceptors (Lipinski definition) is 8. The van der Waals surface area contributed by atoms with Crippen LogP contribution in [-0.2, 0) is 29.2 Å². The van der Waals surface area contributed by atoms with Crippen LogP contribution < -0.4 is 24.8 Å². The molecule has 1 saturated carbocycles. The molecule has 0 unspecified atom stereocenters. The van der Waals surface area contributed by atoms with E-state index >= 15 is 0 Å². The van der Waals surface area contributed by atoms with Crippen LogP contribution >= 0.6 is 0 Å². The number of carboxylic acid groups (broad SMARTS) is 1. The zero-order valence-electron chi connectivity index (χ0n) is 25.7. The molecule has 1 aromatic heterocycles. The van der Waals surface area contributed by atoms with Crippen molar-refractivity contribution < 1.29 is 33.7 Å². The molecule has 2 amide bonds. The van der Waals surface area contributed by atoms with Gasteiger partial charge >= 0.3 is 0 Å². The highest BCUT2D eigenvalue weighted by Crippen LogP contribution is 2.31. The van der Waals surface area contributed by atoms with Gasteiger partial charge < -0.3 is 34.5 Å². The van der Waals surface area contributed by atoms with E-state index in [0.717, 1.165) is 30.6 Å². The predicted octanol–water partition coefficient (Wildman–Crippen LogP) is 3.10. The molecule has 7 rings (SSSR count). The van der Waals surface area contributed by atoms with Crippen molar-refractivity contribution in [1.82, 2.24) is 25.1 Å². The molecule has 4 bridgehead atoms. The zero-order valence-corrected chi connectivity index (χ0v) is 25.7. The molecule has 1 aliphatic carbocycles. The average Bonchev–Trinajstić information content (AvgIpc) is 3.65. The van der Waals surface area contributed by atoms with Gasteiger partial charge in [0.15, 0.2) is 6.61 Å². The molecule has 4 heterocycles. The SMILES string of the molecule is CC(C)Cn1cncc1CN1C[C@@H]2NC(=O)c3cc(cc(OCC4CC4)c3)OCC(=O)NCc3ccc(cc3)O[C@H]2C1.O=CO. The molecule has 12 nitrogen and oxygen atoms in total. The third-order valence-corrected chi connectivity index (χ3v) is 7.80. The Hall–Kier alpha value is -4.58. The van der Waals surface area contributed by atoms with Crippen LogP contribution in [0.15, 0.2) is 55.0 Å². The van der Waals surface area contributed by atoms with Gasteiger partial charge in [-0.25, -0.2) is 4.98 Å². The van der Waals surface area contributed by atoms with Crippen LogP contribution in [0.5, 0.6) is 17.2 Å². The monoisotopic (exact) mass is 619 g/mol. The Morgan fingerprint density at radius 2 is 1.89 bits per heavy atom. The lowest BCUT2D eigenvalue weighted by Crippen LogP contribution is -2.45. The van der Waals surface area contributed by atoms with Crippen LogP contribution in [0.3, 0.4) is 0 Å². The molecule has 2 aromatic carbocycles. The predicted molar refractivity (Wildman–Crippen MR) is 165 cm³/mol. The molecule has 2 fully saturated rings. The number of imidazole rings is 1. The van der Waals surface area contributed by atoms with Gasteiger partial charge in [0.2, 0.25) is 0 Å². The Balaban J connectivity index is 0.00000128. The molecule has 0 radical (unpaired) electrons. The maximum absolute atomic E-state index is 13.7. The summed E-state index contributed by atoms with van der Waals surface area (Å²) in [6.45, 7) is 7.83. The van der Waals surface area contributed by atoms with Crippen molar-refractivity contribution in [2.24, 2.45) is 11.8 Å². The number of ether oxygens (including phenoxy) is 3. The van der Waals surface area contributed by atoms with Gasteiger partial charge in [0.25, 0.3) is 18.3 Å². The van der Waals surface area contributed by atoms with Gasteiger partial charge in [-0.15, -0.1) is 0 Å². The van der Waals surface area contributed by atoms with Crippen LogP contribution in [0.1, 0.15) is 48.3 Å². The number of nitrogens with one attached hydrogen (secondary N) is 2. The van der Waals surface area contributed by atoms with E-state index in [2.05, 4.69) is 38.9 Å². The molecule has 45 heavy (non-hydrogen) atoms. The van der Waals surface area contributed by atoms with E-state index in [0.29, 0.717) is 67.4 Å². The number of carbonyl (C=O) groups excluding carboxylic acids is 2. The highest BCUT2D eigenvalue weighted by molar-refractivity contribution is 5.95. The van der Waals surface area contributed by atoms with Crippen molar-refractivity contribution >= 4 is 18.3 Å². The second-order valence-corrected chi connectivity index (χ2v) is 12.1. The first-order chi connectivity index (χ1) is 21.8. The van der Waals surface area contributed by atoms with Gasteiger partial charge in [0.1, 0.15) is 23.4 Å². The maximum atomic E-state index is 13.7.